The minimum atomic E-state index is -0.792. The van der Waals surface area contributed by atoms with Crippen molar-refractivity contribution < 1.29 is 20.1 Å². The number of hydrogen-bond donors (Lipinski definition) is 5. The normalized spacial score (nSPS) is 12.4. The molecule has 0 aliphatic carbocycles. The number of aromatic hydroxyl groups is 1. The Kier molecular flexibility index (Phi) is 8.98. The molecular weight excluding hydrogens is 442 g/mol. The molecule has 1 heterocycles. The molecule has 1 aromatic heterocycles. The number of rotatable bonds is 11. The van der Waals surface area contributed by atoms with Crippen molar-refractivity contribution in [2.45, 2.75) is 51.9 Å². The fourth-order valence-corrected chi connectivity index (χ4v) is 3.97. The molecule has 5 N–H and O–H groups in total. The van der Waals surface area contributed by atoms with Crippen molar-refractivity contribution in [1.29, 1.82) is 0 Å². The maximum atomic E-state index is 12.7. The van der Waals surface area contributed by atoms with Gasteiger partial charge in [-0.15, -0.1) is 0 Å². The first kappa shape index (κ1) is 26.3. The molecule has 186 valence electrons. The zero-order chi connectivity index (χ0) is 25.4. The molecule has 3 aromatic rings. The quantitative estimate of drug-likeness (QED) is 0.290. The zero-order valence-corrected chi connectivity index (χ0v) is 20.6. The fourth-order valence-electron chi connectivity index (χ4n) is 3.97. The standard InChI is InChI=1S/C28H35N3O4/c1-19-6-4-9-24(31-19)12-13-29-27(35)22-8-5-7-20(14-22)16-28(2,3)30-17-26(34)21-10-11-25(33)23(15-21)18-32/h4-11,14-15,26,30,32-34H,12-13,16-18H2,1-3H3,(H,29,35)/t26-/m0/s1. The molecule has 1 amide bonds. The molecule has 7 heteroatoms. The Balaban J connectivity index is 1.53. The van der Waals surface area contributed by atoms with Gasteiger partial charge in [0, 0.05) is 47.6 Å². The van der Waals surface area contributed by atoms with Crippen LogP contribution in [0.15, 0.2) is 60.7 Å². The highest BCUT2D eigenvalue weighted by atomic mass is 16.3. The Morgan fingerprint density at radius 3 is 2.60 bits per heavy atom. The van der Waals surface area contributed by atoms with Crippen molar-refractivity contribution >= 4 is 5.91 Å². The number of carbonyl (C=O) groups excluding carboxylic acids is 1. The van der Waals surface area contributed by atoms with Crippen LogP contribution in [0, 0.1) is 6.92 Å². The summed E-state index contributed by atoms with van der Waals surface area (Å²) in [4.78, 5) is 17.1. The minimum Gasteiger partial charge on any atom is -0.508 e. The monoisotopic (exact) mass is 477 g/mol. The number of aliphatic hydroxyl groups excluding tert-OH is 2. The van der Waals surface area contributed by atoms with Crippen molar-refractivity contribution in [2.75, 3.05) is 13.1 Å². The van der Waals surface area contributed by atoms with Gasteiger partial charge < -0.3 is 26.0 Å². The summed E-state index contributed by atoms with van der Waals surface area (Å²) in [5.74, 6) is -0.111. The van der Waals surface area contributed by atoms with E-state index in [9.17, 15) is 20.1 Å². The van der Waals surface area contributed by atoms with Crippen molar-refractivity contribution in [3.05, 3.63) is 94.3 Å². The Hall–Kier alpha value is -3.26. The Morgan fingerprint density at radius 1 is 1.09 bits per heavy atom. The molecule has 0 radical (unpaired) electrons. The fraction of sp³-hybridized carbons (Fsp3) is 0.357. The van der Waals surface area contributed by atoms with Crippen molar-refractivity contribution in [1.82, 2.24) is 15.6 Å². The van der Waals surface area contributed by atoms with E-state index in [1.165, 1.54) is 6.07 Å². The molecule has 0 aliphatic rings. The van der Waals surface area contributed by atoms with Crippen LogP contribution in [-0.4, -0.2) is 44.8 Å². The average Bonchev–Trinajstić information content (AvgIpc) is 2.83. The van der Waals surface area contributed by atoms with E-state index < -0.39 is 6.10 Å². The number of aromatic nitrogens is 1. The van der Waals surface area contributed by atoms with Gasteiger partial charge in [0.05, 0.1) is 12.7 Å². The van der Waals surface area contributed by atoms with Crippen LogP contribution in [0.25, 0.3) is 0 Å². The van der Waals surface area contributed by atoms with E-state index in [0.29, 0.717) is 42.6 Å². The van der Waals surface area contributed by atoms with Crippen molar-refractivity contribution in [3.63, 3.8) is 0 Å². The van der Waals surface area contributed by atoms with Crippen LogP contribution in [0.1, 0.15) is 58.4 Å². The molecule has 35 heavy (non-hydrogen) atoms. The van der Waals surface area contributed by atoms with Gasteiger partial charge in [-0.2, -0.15) is 0 Å². The summed E-state index contributed by atoms with van der Waals surface area (Å²) in [7, 11) is 0. The number of aryl methyl sites for hydroxylation is 1. The third kappa shape index (κ3) is 7.89. The molecule has 0 spiro atoms. The second kappa shape index (κ2) is 11.9. The molecule has 2 aromatic carbocycles. The van der Waals surface area contributed by atoms with Crippen LogP contribution in [-0.2, 0) is 19.4 Å². The number of hydrogen-bond acceptors (Lipinski definition) is 6. The number of nitrogens with zero attached hydrogens (tertiary/aromatic N) is 1. The molecule has 0 saturated heterocycles. The number of carbonyl (C=O) groups is 1. The summed E-state index contributed by atoms with van der Waals surface area (Å²) in [5.41, 5.74) is 4.19. The number of pyridine rings is 1. The van der Waals surface area contributed by atoms with Gasteiger partial charge in [-0.3, -0.25) is 9.78 Å². The third-order valence-electron chi connectivity index (χ3n) is 5.88. The predicted octanol–water partition coefficient (Wildman–Crippen LogP) is 3.20. The molecule has 0 fully saturated rings. The van der Waals surface area contributed by atoms with E-state index >= 15 is 0 Å². The van der Waals surface area contributed by atoms with Gasteiger partial charge in [0.25, 0.3) is 5.91 Å². The minimum absolute atomic E-state index is 0.00693. The van der Waals surface area contributed by atoms with Crippen LogP contribution < -0.4 is 10.6 Å². The number of nitrogens with one attached hydrogen (secondary N) is 2. The topological polar surface area (TPSA) is 115 Å². The number of aliphatic hydroxyl groups is 2. The first-order chi connectivity index (χ1) is 16.7. The van der Waals surface area contributed by atoms with Gasteiger partial charge in [-0.25, -0.2) is 0 Å². The van der Waals surface area contributed by atoms with Gasteiger partial charge in [0.1, 0.15) is 5.75 Å². The smallest absolute Gasteiger partial charge is 0.251 e. The summed E-state index contributed by atoms with van der Waals surface area (Å²) in [6.07, 6.45) is 0.541. The molecule has 0 bridgehead atoms. The maximum Gasteiger partial charge on any atom is 0.251 e. The largest absolute Gasteiger partial charge is 0.508 e. The first-order valence-corrected chi connectivity index (χ1v) is 11.8. The van der Waals surface area contributed by atoms with Gasteiger partial charge in [-0.1, -0.05) is 24.3 Å². The van der Waals surface area contributed by atoms with Gasteiger partial charge in [-0.05, 0) is 74.7 Å². The highest BCUT2D eigenvalue weighted by molar-refractivity contribution is 5.94. The Labute approximate surface area is 206 Å². The molecular formula is C28H35N3O4. The number of benzene rings is 2. The van der Waals surface area contributed by atoms with Crippen LogP contribution in [0.3, 0.4) is 0 Å². The summed E-state index contributed by atoms with van der Waals surface area (Å²) in [6.45, 7) is 6.55. The van der Waals surface area contributed by atoms with Crippen LogP contribution in [0.2, 0.25) is 0 Å². The van der Waals surface area contributed by atoms with E-state index in [-0.39, 0.29) is 23.8 Å². The summed E-state index contributed by atoms with van der Waals surface area (Å²) < 4.78 is 0. The third-order valence-corrected chi connectivity index (χ3v) is 5.88. The second-order valence-corrected chi connectivity index (χ2v) is 9.48. The van der Waals surface area contributed by atoms with Gasteiger partial charge >= 0.3 is 0 Å². The predicted molar refractivity (Wildman–Crippen MR) is 136 cm³/mol. The highest BCUT2D eigenvalue weighted by Crippen LogP contribution is 2.23. The molecule has 7 nitrogen and oxygen atoms in total. The van der Waals surface area contributed by atoms with Crippen LogP contribution in [0.5, 0.6) is 5.75 Å². The van der Waals surface area contributed by atoms with E-state index in [4.69, 9.17) is 0 Å². The van der Waals surface area contributed by atoms with E-state index in [1.807, 2.05) is 57.2 Å². The number of phenols is 1. The van der Waals surface area contributed by atoms with Crippen molar-refractivity contribution in [3.8, 4) is 5.75 Å². The zero-order valence-electron chi connectivity index (χ0n) is 20.6. The van der Waals surface area contributed by atoms with E-state index in [1.54, 1.807) is 18.2 Å². The molecule has 0 unspecified atom stereocenters. The lowest BCUT2D eigenvalue weighted by Crippen LogP contribution is -2.43. The lowest BCUT2D eigenvalue weighted by Gasteiger charge is -2.28. The van der Waals surface area contributed by atoms with E-state index in [0.717, 1.165) is 17.0 Å². The van der Waals surface area contributed by atoms with E-state index in [2.05, 4.69) is 15.6 Å². The number of amides is 1. The molecule has 3 rings (SSSR count). The Bertz CT molecular complexity index is 1150. The summed E-state index contributed by atoms with van der Waals surface area (Å²) in [6, 6.07) is 18.2. The van der Waals surface area contributed by atoms with Crippen molar-refractivity contribution in [2.24, 2.45) is 0 Å². The highest BCUT2D eigenvalue weighted by Gasteiger charge is 2.21. The van der Waals surface area contributed by atoms with Crippen LogP contribution >= 0.6 is 0 Å². The molecule has 1 atom stereocenters. The van der Waals surface area contributed by atoms with Crippen LogP contribution in [0.4, 0.5) is 0 Å². The van der Waals surface area contributed by atoms with Gasteiger partial charge in [0.15, 0.2) is 0 Å². The lowest BCUT2D eigenvalue weighted by atomic mass is 9.93. The summed E-state index contributed by atoms with van der Waals surface area (Å²) in [5, 5.41) is 36.0. The molecule has 0 saturated carbocycles. The maximum absolute atomic E-state index is 12.7. The van der Waals surface area contributed by atoms with Gasteiger partial charge in [0.2, 0.25) is 0 Å². The average molecular weight is 478 g/mol. The number of β-amino-alcohol motifs (C(OH)–C–C–N with tert-alkyl or cyclic N) is 1. The SMILES string of the molecule is Cc1cccc(CCNC(=O)c2cccc(CC(C)(C)NC[C@H](O)c3ccc(O)c(CO)c3)c2)n1. The Morgan fingerprint density at radius 2 is 1.86 bits per heavy atom. The molecule has 0 aliphatic heterocycles. The summed E-state index contributed by atoms with van der Waals surface area (Å²) >= 11 is 0. The lowest BCUT2D eigenvalue weighted by molar-refractivity contribution is 0.0954. The first-order valence-electron chi connectivity index (χ1n) is 11.8. The second-order valence-electron chi connectivity index (χ2n) is 9.48.